The topological polar surface area (TPSA) is 32.6 Å². The summed E-state index contributed by atoms with van der Waals surface area (Å²) in [6.07, 6.45) is 2.39. The Morgan fingerprint density at radius 3 is 2.20 bits per heavy atom. The molecule has 0 bridgehead atoms. The second kappa shape index (κ2) is 3.40. The summed E-state index contributed by atoms with van der Waals surface area (Å²) in [5.74, 6) is 0. The first-order chi connectivity index (χ1) is 4.52. The highest BCUT2D eigenvalue weighted by Gasteiger charge is 2.17. The van der Waals surface area contributed by atoms with Crippen LogP contribution in [0.3, 0.4) is 0 Å². The maximum atomic E-state index is 8.53. The molecule has 0 fully saturated rings. The molecule has 0 unspecified atom stereocenters. The van der Waals surface area contributed by atoms with E-state index in [1.807, 2.05) is 20.8 Å². The highest BCUT2D eigenvalue weighted by Crippen LogP contribution is 2.18. The van der Waals surface area contributed by atoms with Gasteiger partial charge in [0.25, 0.3) is 0 Å². The minimum atomic E-state index is -0.0526. The van der Waals surface area contributed by atoms with Crippen molar-refractivity contribution in [1.82, 2.24) is 0 Å². The molecule has 0 heterocycles. The van der Waals surface area contributed by atoms with E-state index < -0.39 is 0 Å². The molecular formula is C8H15NO. The lowest BCUT2D eigenvalue weighted by Crippen LogP contribution is -2.19. The maximum Gasteiger partial charge on any atom is 0.0661 e. The molecule has 0 aliphatic rings. The van der Waals surface area contributed by atoms with Gasteiger partial charge in [0.1, 0.15) is 0 Å². The van der Waals surface area contributed by atoms with Gasteiger partial charge in [0.15, 0.2) is 0 Å². The molecule has 0 saturated heterocycles. The minimum Gasteiger partial charge on any atom is -0.411 e. The fourth-order valence-corrected chi connectivity index (χ4v) is 0.634. The summed E-state index contributed by atoms with van der Waals surface area (Å²) in [5.41, 5.74) is 0.714. The van der Waals surface area contributed by atoms with Gasteiger partial charge in [-0.25, -0.2) is 0 Å². The van der Waals surface area contributed by atoms with Crippen molar-refractivity contribution in [3.8, 4) is 0 Å². The molecule has 0 aliphatic heterocycles. The van der Waals surface area contributed by atoms with Crippen LogP contribution in [-0.2, 0) is 0 Å². The molecule has 2 heteroatoms. The van der Waals surface area contributed by atoms with Gasteiger partial charge in [-0.3, -0.25) is 0 Å². The third-order valence-electron chi connectivity index (χ3n) is 1.32. The molecule has 0 aromatic heterocycles. The first-order valence-corrected chi connectivity index (χ1v) is 3.34. The van der Waals surface area contributed by atoms with Gasteiger partial charge in [-0.15, -0.1) is 6.58 Å². The molecule has 0 spiro atoms. The molecule has 58 valence electrons. The summed E-state index contributed by atoms with van der Waals surface area (Å²) < 4.78 is 0. The van der Waals surface area contributed by atoms with Gasteiger partial charge in [-0.2, -0.15) is 0 Å². The molecule has 0 atom stereocenters. The summed E-state index contributed by atoms with van der Waals surface area (Å²) in [4.78, 5) is 0. The van der Waals surface area contributed by atoms with Gasteiger partial charge < -0.3 is 5.21 Å². The summed E-state index contributed by atoms with van der Waals surface area (Å²) >= 11 is 0. The van der Waals surface area contributed by atoms with Crippen LogP contribution in [0, 0.1) is 5.41 Å². The maximum absolute atomic E-state index is 8.53. The average molecular weight is 141 g/mol. The van der Waals surface area contributed by atoms with Crippen LogP contribution in [0.15, 0.2) is 17.8 Å². The Hall–Kier alpha value is -0.790. The third kappa shape index (κ3) is 2.67. The van der Waals surface area contributed by atoms with Crippen molar-refractivity contribution in [3.63, 3.8) is 0 Å². The van der Waals surface area contributed by atoms with Crippen molar-refractivity contribution < 1.29 is 5.21 Å². The standard InChI is InChI=1S/C8H15NO/c1-5-6-7(9-10)8(2,3)4/h5,10H,1,6H2,2-4H3. The number of hydrogen-bond donors (Lipinski definition) is 1. The lowest BCUT2D eigenvalue weighted by molar-refractivity contribution is 0.309. The third-order valence-corrected chi connectivity index (χ3v) is 1.32. The predicted molar refractivity (Wildman–Crippen MR) is 43.5 cm³/mol. The molecule has 0 aliphatic carbocycles. The fourth-order valence-electron chi connectivity index (χ4n) is 0.634. The average Bonchev–Trinajstić information content (AvgIpc) is 1.80. The van der Waals surface area contributed by atoms with Crippen LogP contribution in [-0.4, -0.2) is 10.9 Å². The van der Waals surface area contributed by atoms with Crippen molar-refractivity contribution in [2.75, 3.05) is 0 Å². The monoisotopic (exact) mass is 141 g/mol. The van der Waals surface area contributed by atoms with Crippen LogP contribution in [0.1, 0.15) is 27.2 Å². The van der Waals surface area contributed by atoms with E-state index in [0.29, 0.717) is 6.42 Å². The number of allylic oxidation sites excluding steroid dienone is 1. The summed E-state index contributed by atoms with van der Waals surface area (Å²) in [7, 11) is 0. The van der Waals surface area contributed by atoms with Crippen LogP contribution in [0.4, 0.5) is 0 Å². The van der Waals surface area contributed by atoms with Crippen molar-refractivity contribution in [3.05, 3.63) is 12.7 Å². The van der Waals surface area contributed by atoms with E-state index in [1.54, 1.807) is 6.08 Å². The van der Waals surface area contributed by atoms with Crippen molar-refractivity contribution in [2.45, 2.75) is 27.2 Å². The molecule has 0 saturated carbocycles. The Morgan fingerprint density at radius 2 is 2.10 bits per heavy atom. The van der Waals surface area contributed by atoms with Gasteiger partial charge in [0.05, 0.1) is 5.71 Å². The lowest BCUT2D eigenvalue weighted by Gasteiger charge is -2.18. The van der Waals surface area contributed by atoms with E-state index in [1.165, 1.54) is 0 Å². The molecule has 10 heavy (non-hydrogen) atoms. The van der Waals surface area contributed by atoms with Gasteiger partial charge in [-0.1, -0.05) is 32.0 Å². The van der Waals surface area contributed by atoms with Crippen molar-refractivity contribution in [1.29, 1.82) is 0 Å². The van der Waals surface area contributed by atoms with Crippen molar-refractivity contribution in [2.24, 2.45) is 10.6 Å². The Morgan fingerprint density at radius 1 is 1.60 bits per heavy atom. The van der Waals surface area contributed by atoms with Crippen LogP contribution < -0.4 is 0 Å². The Kier molecular flexibility index (Phi) is 3.13. The largest absolute Gasteiger partial charge is 0.411 e. The Labute approximate surface area is 62.2 Å². The highest BCUT2D eigenvalue weighted by molar-refractivity contribution is 5.89. The molecular weight excluding hydrogens is 126 g/mol. The van der Waals surface area contributed by atoms with Gasteiger partial charge in [0, 0.05) is 11.8 Å². The van der Waals surface area contributed by atoms with E-state index in [2.05, 4.69) is 11.7 Å². The number of hydrogen-bond acceptors (Lipinski definition) is 2. The molecule has 0 amide bonds. The first kappa shape index (κ1) is 9.21. The molecule has 0 radical (unpaired) electrons. The molecule has 2 nitrogen and oxygen atoms in total. The second-order valence-electron chi connectivity index (χ2n) is 3.29. The minimum absolute atomic E-state index is 0.0526. The fraction of sp³-hybridized carbons (Fsp3) is 0.625. The summed E-state index contributed by atoms with van der Waals surface area (Å²) in [5, 5.41) is 11.7. The van der Waals surface area contributed by atoms with Crippen LogP contribution in [0.2, 0.25) is 0 Å². The van der Waals surface area contributed by atoms with Crippen LogP contribution >= 0.6 is 0 Å². The van der Waals surface area contributed by atoms with E-state index in [0.717, 1.165) is 5.71 Å². The zero-order valence-corrected chi connectivity index (χ0v) is 6.89. The number of oxime groups is 1. The molecule has 1 N–H and O–H groups in total. The smallest absolute Gasteiger partial charge is 0.0661 e. The predicted octanol–water partition coefficient (Wildman–Crippen LogP) is 2.44. The van der Waals surface area contributed by atoms with E-state index >= 15 is 0 Å². The highest BCUT2D eigenvalue weighted by atomic mass is 16.4. The Bertz CT molecular complexity index is 142. The van der Waals surface area contributed by atoms with E-state index in [-0.39, 0.29) is 5.41 Å². The zero-order chi connectivity index (χ0) is 8.20. The quantitative estimate of drug-likeness (QED) is 0.272. The van der Waals surface area contributed by atoms with Gasteiger partial charge in [0.2, 0.25) is 0 Å². The SMILES string of the molecule is C=CCC(=NO)C(C)(C)C. The second-order valence-corrected chi connectivity index (χ2v) is 3.29. The normalized spacial score (nSPS) is 13.3. The van der Waals surface area contributed by atoms with Crippen LogP contribution in [0.25, 0.3) is 0 Å². The van der Waals surface area contributed by atoms with Crippen LogP contribution in [0.5, 0.6) is 0 Å². The van der Waals surface area contributed by atoms with Gasteiger partial charge in [-0.05, 0) is 0 Å². The van der Waals surface area contributed by atoms with Crippen molar-refractivity contribution >= 4 is 5.71 Å². The van der Waals surface area contributed by atoms with Gasteiger partial charge >= 0.3 is 0 Å². The summed E-state index contributed by atoms with van der Waals surface area (Å²) in [6, 6.07) is 0. The zero-order valence-electron chi connectivity index (χ0n) is 6.89. The Balaban J connectivity index is 4.23. The number of rotatable bonds is 2. The van der Waals surface area contributed by atoms with E-state index in [4.69, 9.17) is 5.21 Å². The number of nitrogens with zero attached hydrogens (tertiary/aromatic N) is 1. The molecule has 0 aromatic rings. The molecule has 0 aromatic carbocycles. The van der Waals surface area contributed by atoms with E-state index in [9.17, 15) is 0 Å². The molecule has 0 rings (SSSR count). The lowest BCUT2D eigenvalue weighted by atomic mass is 9.88. The first-order valence-electron chi connectivity index (χ1n) is 3.34. The summed E-state index contributed by atoms with van der Waals surface area (Å²) in [6.45, 7) is 9.59.